The van der Waals surface area contributed by atoms with Gasteiger partial charge in [0.25, 0.3) is 0 Å². The molecule has 1 atom stereocenters. The third-order valence-electron chi connectivity index (χ3n) is 2.42. The summed E-state index contributed by atoms with van der Waals surface area (Å²) < 4.78 is 1.04. The van der Waals surface area contributed by atoms with E-state index in [1.807, 2.05) is 18.2 Å². The number of halogens is 1. The SMILES string of the molecule is CCCN(C)c1ccc([C@H](C)O)cc1Br. The molecule has 0 saturated carbocycles. The third kappa shape index (κ3) is 3.21. The van der Waals surface area contributed by atoms with Crippen LogP contribution in [0.4, 0.5) is 5.69 Å². The molecule has 0 aliphatic carbocycles. The number of rotatable bonds is 4. The molecular formula is C12H18BrNO. The molecule has 0 fully saturated rings. The fourth-order valence-electron chi connectivity index (χ4n) is 1.55. The molecule has 1 aromatic rings. The topological polar surface area (TPSA) is 23.5 Å². The van der Waals surface area contributed by atoms with E-state index in [2.05, 4.69) is 34.8 Å². The summed E-state index contributed by atoms with van der Waals surface area (Å²) in [5.41, 5.74) is 2.11. The number of benzene rings is 1. The molecule has 0 bridgehead atoms. The van der Waals surface area contributed by atoms with Crippen LogP contribution in [-0.4, -0.2) is 18.7 Å². The molecule has 0 radical (unpaired) electrons. The van der Waals surface area contributed by atoms with Gasteiger partial charge in [0.15, 0.2) is 0 Å². The summed E-state index contributed by atoms with van der Waals surface area (Å²) in [6, 6.07) is 5.99. The molecule has 1 N–H and O–H groups in total. The van der Waals surface area contributed by atoms with E-state index in [9.17, 15) is 5.11 Å². The van der Waals surface area contributed by atoms with E-state index in [0.29, 0.717) is 0 Å². The van der Waals surface area contributed by atoms with Crippen LogP contribution in [0.5, 0.6) is 0 Å². The van der Waals surface area contributed by atoms with E-state index >= 15 is 0 Å². The summed E-state index contributed by atoms with van der Waals surface area (Å²) >= 11 is 3.53. The van der Waals surface area contributed by atoms with Crippen molar-refractivity contribution in [1.82, 2.24) is 0 Å². The minimum atomic E-state index is -0.410. The number of aliphatic hydroxyl groups is 1. The van der Waals surface area contributed by atoms with Crippen LogP contribution >= 0.6 is 15.9 Å². The highest BCUT2D eigenvalue weighted by Gasteiger charge is 2.07. The number of nitrogens with zero attached hydrogens (tertiary/aromatic N) is 1. The highest BCUT2D eigenvalue weighted by atomic mass is 79.9. The Morgan fingerprint density at radius 1 is 1.47 bits per heavy atom. The van der Waals surface area contributed by atoms with Crippen LogP contribution in [0, 0.1) is 0 Å². The largest absolute Gasteiger partial charge is 0.389 e. The van der Waals surface area contributed by atoms with E-state index in [-0.39, 0.29) is 0 Å². The summed E-state index contributed by atoms with van der Waals surface area (Å²) in [5, 5.41) is 9.45. The lowest BCUT2D eigenvalue weighted by Crippen LogP contribution is -2.18. The lowest BCUT2D eigenvalue weighted by atomic mass is 10.1. The van der Waals surface area contributed by atoms with Gasteiger partial charge in [-0.25, -0.2) is 0 Å². The van der Waals surface area contributed by atoms with Gasteiger partial charge in [0.1, 0.15) is 0 Å². The van der Waals surface area contributed by atoms with Crippen LogP contribution in [0.1, 0.15) is 31.9 Å². The predicted octanol–water partition coefficient (Wildman–Crippen LogP) is 3.35. The molecule has 84 valence electrons. The molecule has 0 spiro atoms. The van der Waals surface area contributed by atoms with E-state index in [0.717, 1.165) is 23.0 Å². The number of hydrogen-bond donors (Lipinski definition) is 1. The van der Waals surface area contributed by atoms with Gasteiger partial charge in [-0.15, -0.1) is 0 Å². The Morgan fingerprint density at radius 3 is 2.60 bits per heavy atom. The summed E-state index contributed by atoms with van der Waals surface area (Å²) in [5.74, 6) is 0. The average molecular weight is 272 g/mol. The third-order valence-corrected chi connectivity index (χ3v) is 3.06. The highest BCUT2D eigenvalue weighted by Crippen LogP contribution is 2.28. The lowest BCUT2D eigenvalue weighted by molar-refractivity contribution is 0.199. The summed E-state index contributed by atoms with van der Waals surface area (Å²) in [4.78, 5) is 2.20. The Bertz CT molecular complexity index is 325. The molecular weight excluding hydrogens is 254 g/mol. The van der Waals surface area contributed by atoms with Crippen molar-refractivity contribution in [3.05, 3.63) is 28.2 Å². The van der Waals surface area contributed by atoms with Gasteiger partial charge in [-0.1, -0.05) is 13.0 Å². The van der Waals surface area contributed by atoms with Crippen molar-refractivity contribution in [2.24, 2.45) is 0 Å². The first kappa shape index (κ1) is 12.5. The Hall–Kier alpha value is -0.540. The molecule has 0 amide bonds. The van der Waals surface area contributed by atoms with Crippen molar-refractivity contribution in [3.63, 3.8) is 0 Å². The summed E-state index contributed by atoms with van der Waals surface area (Å²) in [6.45, 7) is 4.97. The van der Waals surface area contributed by atoms with Crippen molar-refractivity contribution in [2.75, 3.05) is 18.5 Å². The second kappa shape index (κ2) is 5.52. The van der Waals surface area contributed by atoms with Crippen molar-refractivity contribution in [2.45, 2.75) is 26.4 Å². The molecule has 0 aromatic heterocycles. The first-order chi connectivity index (χ1) is 7.06. The van der Waals surface area contributed by atoms with Crippen LogP contribution in [0.25, 0.3) is 0 Å². The maximum absolute atomic E-state index is 9.45. The van der Waals surface area contributed by atoms with Gasteiger partial charge >= 0.3 is 0 Å². The van der Waals surface area contributed by atoms with Crippen LogP contribution in [0.15, 0.2) is 22.7 Å². The molecule has 0 aliphatic heterocycles. The number of hydrogen-bond acceptors (Lipinski definition) is 2. The van der Waals surface area contributed by atoms with Crippen LogP contribution in [0.2, 0.25) is 0 Å². The fourth-order valence-corrected chi connectivity index (χ4v) is 2.25. The average Bonchev–Trinajstić information content (AvgIpc) is 2.17. The molecule has 15 heavy (non-hydrogen) atoms. The van der Waals surface area contributed by atoms with E-state index < -0.39 is 6.10 Å². The molecule has 2 nitrogen and oxygen atoms in total. The molecule has 1 aromatic carbocycles. The first-order valence-corrected chi connectivity index (χ1v) is 6.04. The van der Waals surface area contributed by atoms with Crippen molar-refractivity contribution in [3.8, 4) is 0 Å². The standard InChI is InChI=1S/C12H18BrNO/c1-4-7-14(3)12-6-5-10(9(2)15)8-11(12)13/h5-6,8-9,15H,4,7H2,1-3H3/t9-/m0/s1. The Morgan fingerprint density at radius 2 is 2.13 bits per heavy atom. The van der Waals surface area contributed by atoms with Crippen LogP contribution in [0.3, 0.4) is 0 Å². The van der Waals surface area contributed by atoms with Gasteiger partial charge < -0.3 is 10.0 Å². The van der Waals surface area contributed by atoms with E-state index in [1.54, 1.807) is 6.92 Å². The quantitative estimate of drug-likeness (QED) is 0.908. The zero-order valence-electron chi connectivity index (χ0n) is 9.50. The van der Waals surface area contributed by atoms with Gasteiger partial charge in [0.2, 0.25) is 0 Å². The van der Waals surface area contributed by atoms with Crippen LogP contribution in [-0.2, 0) is 0 Å². The molecule has 0 saturated heterocycles. The Kier molecular flexibility index (Phi) is 4.61. The zero-order chi connectivity index (χ0) is 11.4. The van der Waals surface area contributed by atoms with Crippen molar-refractivity contribution in [1.29, 1.82) is 0 Å². The maximum atomic E-state index is 9.45. The predicted molar refractivity (Wildman–Crippen MR) is 68.3 cm³/mol. The fraction of sp³-hybridized carbons (Fsp3) is 0.500. The van der Waals surface area contributed by atoms with Gasteiger partial charge in [0, 0.05) is 18.1 Å². The highest BCUT2D eigenvalue weighted by molar-refractivity contribution is 9.10. The number of anilines is 1. The van der Waals surface area contributed by atoms with Crippen molar-refractivity contribution >= 4 is 21.6 Å². The van der Waals surface area contributed by atoms with Gasteiger partial charge in [-0.05, 0) is 47.0 Å². The van der Waals surface area contributed by atoms with Crippen molar-refractivity contribution < 1.29 is 5.11 Å². The first-order valence-electron chi connectivity index (χ1n) is 5.25. The summed E-state index contributed by atoms with van der Waals surface area (Å²) in [6.07, 6.45) is 0.716. The molecule has 0 unspecified atom stereocenters. The minimum Gasteiger partial charge on any atom is -0.389 e. The normalized spacial score (nSPS) is 12.6. The Balaban J connectivity index is 2.92. The summed E-state index contributed by atoms with van der Waals surface area (Å²) in [7, 11) is 2.08. The Labute approximate surface area is 100 Å². The zero-order valence-corrected chi connectivity index (χ0v) is 11.1. The van der Waals surface area contributed by atoms with E-state index in [1.165, 1.54) is 5.69 Å². The smallest absolute Gasteiger partial charge is 0.0762 e. The number of aliphatic hydroxyl groups excluding tert-OH is 1. The van der Waals surface area contributed by atoms with Gasteiger partial charge in [0.05, 0.1) is 11.8 Å². The molecule has 0 heterocycles. The minimum absolute atomic E-state index is 0.410. The lowest BCUT2D eigenvalue weighted by Gasteiger charge is -2.20. The molecule has 1 rings (SSSR count). The molecule has 3 heteroatoms. The monoisotopic (exact) mass is 271 g/mol. The molecule has 0 aliphatic rings. The maximum Gasteiger partial charge on any atom is 0.0762 e. The second-order valence-electron chi connectivity index (χ2n) is 3.81. The van der Waals surface area contributed by atoms with Crippen LogP contribution < -0.4 is 4.90 Å². The van der Waals surface area contributed by atoms with E-state index in [4.69, 9.17) is 0 Å². The second-order valence-corrected chi connectivity index (χ2v) is 4.66. The van der Waals surface area contributed by atoms with Gasteiger partial charge in [-0.3, -0.25) is 0 Å². The van der Waals surface area contributed by atoms with Gasteiger partial charge in [-0.2, -0.15) is 0 Å².